The second-order valence-electron chi connectivity index (χ2n) is 5.40. The van der Waals surface area contributed by atoms with E-state index in [9.17, 15) is 4.79 Å². The van der Waals surface area contributed by atoms with Gasteiger partial charge in [-0.25, -0.2) is 4.98 Å². The third-order valence-electron chi connectivity index (χ3n) is 3.78. The lowest BCUT2D eigenvalue weighted by atomic mass is 10.2. The Kier molecular flexibility index (Phi) is 4.85. The summed E-state index contributed by atoms with van der Waals surface area (Å²) in [6.45, 7) is 2.37. The number of nitrogens with one attached hydrogen (secondary N) is 2. The number of imidazole rings is 1. The zero-order valence-electron chi connectivity index (χ0n) is 14.5. The Morgan fingerprint density at radius 3 is 2.77 bits per heavy atom. The molecule has 0 aliphatic carbocycles. The SMILES string of the molecule is CCOc1cc2[nH]c(-c3c(Cl)c(N)c(C=NC)[nH]c3=O)nc2cc1OC. The highest BCUT2D eigenvalue weighted by Crippen LogP contribution is 2.34. The summed E-state index contributed by atoms with van der Waals surface area (Å²) in [6.07, 6.45) is 1.43. The third kappa shape index (κ3) is 2.99. The number of H-pyrrole nitrogens is 2. The fraction of sp³-hybridized carbons (Fsp3) is 0.235. The molecule has 26 heavy (non-hydrogen) atoms. The summed E-state index contributed by atoms with van der Waals surface area (Å²) in [7, 11) is 3.12. The number of hydrogen-bond donors (Lipinski definition) is 3. The molecule has 3 aromatic rings. The van der Waals surface area contributed by atoms with Gasteiger partial charge in [-0.3, -0.25) is 9.79 Å². The van der Waals surface area contributed by atoms with E-state index in [-0.39, 0.29) is 16.3 Å². The Hall–Kier alpha value is -3.00. The molecule has 0 saturated carbocycles. The van der Waals surface area contributed by atoms with Crippen LogP contribution in [-0.4, -0.2) is 41.9 Å². The molecule has 9 heteroatoms. The molecule has 3 rings (SSSR count). The normalized spacial score (nSPS) is 11.4. The van der Waals surface area contributed by atoms with E-state index < -0.39 is 5.56 Å². The maximum atomic E-state index is 12.5. The molecule has 0 spiro atoms. The van der Waals surface area contributed by atoms with Gasteiger partial charge in [0.15, 0.2) is 11.5 Å². The van der Waals surface area contributed by atoms with E-state index in [2.05, 4.69) is 19.9 Å². The van der Waals surface area contributed by atoms with Crippen molar-refractivity contribution < 1.29 is 9.47 Å². The average Bonchev–Trinajstić information content (AvgIpc) is 3.01. The second-order valence-corrected chi connectivity index (χ2v) is 5.77. The van der Waals surface area contributed by atoms with Gasteiger partial charge in [-0.05, 0) is 6.92 Å². The Balaban J connectivity index is 2.20. The third-order valence-corrected chi connectivity index (χ3v) is 4.18. The molecule has 0 radical (unpaired) electrons. The fourth-order valence-electron chi connectivity index (χ4n) is 2.61. The Bertz CT molecular complexity index is 1050. The first-order chi connectivity index (χ1) is 12.5. The van der Waals surface area contributed by atoms with Gasteiger partial charge in [-0.2, -0.15) is 0 Å². The molecule has 2 aromatic heterocycles. The maximum absolute atomic E-state index is 12.5. The van der Waals surface area contributed by atoms with E-state index in [1.807, 2.05) is 6.92 Å². The minimum absolute atomic E-state index is 0.111. The highest BCUT2D eigenvalue weighted by Gasteiger charge is 2.19. The minimum Gasteiger partial charge on any atom is -0.493 e. The first-order valence-electron chi connectivity index (χ1n) is 7.84. The summed E-state index contributed by atoms with van der Waals surface area (Å²) >= 11 is 6.32. The van der Waals surface area contributed by atoms with Crippen molar-refractivity contribution in [1.29, 1.82) is 0 Å². The number of rotatable bonds is 5. The van der Waals surface area contributed by atoms with Gasteiger partial charge in [0, 0.05) is 25.4 Å². The summed E-state index contributed by atoms with van der Waals surface area (Å²) in [4.78, 5) is 26.5. The van der Waals surface area contributed by atoms with Gasteiger partial charge in [0.1, 0.15) is 11.4 Å². The molecular weight excluding hydrogens is 358 g/mol. The van der Waals surface area contributed by atoms with Gasteiger partial charge in [0.25, 0.3) is 5.56 Å². The van der Waals surface area contributed by atoms with Crippen LogP contribution in [-0.2, 0) is 0 Å². The van der Waals surface area contributed by atoms with Crippen LogP contribution < -0.4 is 20.8 Å². The zero-order chi connectivity index (χ0) is 18.8. The monoisotopic (exact) mass is 375 g/mol. The van der Waals surface area contributed by atoms with Crippen molar-refractivity contribution in [2.24, 2.45) is 4.99 Å². The van der Waals surface area contributed by atoms with E-state index in [1.54, 1.807) is 26.3 Å². The number of nitrogen functional groups attached to an aromatic ring is 1. The van der Waals surface area contributed by atoms with Crippen LogP contribution in [0.25, 0.3) is 22.4 Å². The lowest BCUT2D eigenvalue weighted by Crippen LogP contribution is -2.15. The maximum Gasteiger partial charge on any atom is 0.261 e. The molecule has 0 bridgehead atoms. The van der Waals surface area contributed by atoms with E-state index >= 15 is 0 Å². The van der Waals surface area contributed by atoms with Crippen LogP contribution in [0.4, 0.5) is 5.69 Å². The van der Waals surface area contributed by atoms with Gasteiger partial charge in [-0.15, -0.1) is 0 Å². The molecule has 0 amide bonds. The Morgan fingerprint density at radius 2 is 2.12 bits per heavy atom. The summed E-state index contributed by atoms with van der Waals surface area (Å²) in [6, 6.07) is 3.49. The summed E-state index contributed by atoms with van der Waals surface area (Å²) in [5, 5.41) is 0.111. The lowest BCUT2D eigenvalue weighted by molar-refractivity contribution is 0.311. The number of aliphatic imine (C=N–C) groups is 1. The van der Waals surface area contributed by atoms with Crippen LogP contribution in [0.5, 0.6) is 11.5 Å². The number of nitrogens with zero attached hydrogens (tertiary/aromatic N) is 2. The molecule has 0 aliphatic rings. The summed E-state index contributed by atoms with van der Waals surface area (Å²) in [5.74, 6) is 1.42. The van der Waals surface area contributed by atoms with E-state index in [0.717, 1.165) is 0 Å². The number of hydrogen-bond acceptors (Lipinski definition) is 6. The molecule has 8 nitrogen and oxygen atoms in total. The minimum atomic E-state index is -0.421. The predicted octanol–water partition coefficient (Wildman–Crippen LogP) is 2.61. The van der Waals surface area contributed by atoms with Crippen LogP contribution in [0.2, 0.25) is 5.02 Å². The molecule has 0 saturated heterocycles. The van der Waals surface area contributed by atoms with Gasteiger partial charge in [-0.1, -0.05) is 11.6 Å². The molecule has 136 valence electrons. The zero-order valence-corrected chi connectivity index (χ0v) is 15.3. The van der Waals surface area contributed by atoms with E-state index in [4.69, 9.17) is 26.8 Å². The van der Waals surface area contributed by atoms with Crippen LogP contribution in [0.1, 0.15) is 12.6 Å². The van der Waals surface area contributed by atoms with Gasteiger partial charge >= 0.3 is 0 Å². The second kappa shape index (κ2) is 7.09. The van der Waals surface area contributed by atoms with Gasteiger partial charge < -0.3 is 25.2 Å². The topological polar surface area (TPSA) is 118 Å². The van der Waals surface area contributed by atoms with Crippen LogP contribution in [0.15, 0.2) is 21.9 Å². The van der Waals surface area contributed by atoms with Crippen LogP contribution in [0, 0.1) is 0 Å². The molecule has 0 unspecified atom stereocenters. The number of anilines is 1. The van der Waals surface area contributed by atoms with E-state index in [0.29, 0.717) is 40.7 Å². The Morgan fingerprint density at radius 1 is 1.35 bits per heavy atom. The lowest BCUT2D eigenvalue weighted by Gasteiger charge is -2.08. The molecule has 0 atom stereocenters. The predicted molar refractivity (Wildman–Crippen MR) is 103 cm³/mol. The van der Waals surface area contributed by atoms with Crippen molar-refractivity contribution in [1.82, 2.24) is 15.0 Å². The van der Waals surface area contributed by atoms with Crippen molar-refractivity contribution in [2.75, 3.05) is 26.5 Å². The molecule has 1 aromatic carbocycles. The first-order valence-corrected chi connectivity index (χ1v) is 8.22. The summed E-state index contributed by atoms with van der Waals surface area (Å²) in [5.41, 5.74) is 7.60. The number of benzene rings is 1. The van der Waals surface area contributed by atoms with Gasteiger partial charge in [0.05, 0.1) is 41.2 Å². The molecule has 2 heterocycles. The fourth-order valence-corrected chi connectivity index (χ4v) is 2.89. The number of nitrogens with two attached hydrogens (primary N) is 1. The molecule has 4 N–H and O–H groups in total. The Labute approximate surface area is 154 Å². The average molecular weight is 376 g/mol. The number of halogens is 1. The number of methoxy groups -OCH3 is 1. The first kappa shape index (κ1) is 17.8. The smallest absolute Gasteiger partial charge is 0.261 e. The van der Waals surface area contributed by atoms with Crippen molar-refractivity contribution in [3.05, 3.63) is 33.2 Å². The van der Waals surface area contributed by atoms with Gasteiger partial charge in [0.2, 0.25) is 0 Å². The number of ether oxygens (including phenoxy) is 2. The van der Waals surface area contributed by atoms with Crippen molar-refractivity contribution >= 4 is 34.5 Å². The summed E-state index contributed by atoms with van der Waals surface area (Å²) < 4.78 is 10.9. The number of pyridine rings is 1. The largest absolute Gasteiger partial charge is 0.493 e. The number of aromatic amines is 2. The number of aromatic nitrogens is 3. The van der Waals surface area contributed by atoms with E-state index in [1.165, 1.54) is 6.21 Å². The molecular formula is C17H18ClN5O3. The molecule has 0 fully saturated rings. The van der Waals surface area contributed by atoms with Crippen molar-refractivity contribution in [3.63, 3.8) is 0 Å². The standard InChI is InChI=1S/C17H18ClN5O3/c1-4-26-12-6-9-8(5-11(12)25-3)21-16(22-9)13-14(18)15(19)10(7-20-2)23-17(13)24/h5-7H,4,19H2,1-3H3,(H,21,22)(H,23,24). The van der Waals surface area contributed by atoms with Crippen molar-refractivity contribution in [3.8, 4) is 22.9 Å². The quantitative estimate of drug-likeness (QED) is 0.592. The highest BCUT2D eigenvalue weighted by atomic mass is 35.5. The van der Waals surface area contributed by atoms with Crippen LogP contribution >= 0.6 is 11.6 Å². The highest BCUT2D eigenvalue weighted by molar-refractivity contribution is 6.36. The number of fused-ring (bicyclic) bond motifs is 1. The van der Waals surface area contributed by atoms with Crippen LogP contribution in [0.3, 0.4) is 0 Å². The molecule has 0 aliphatic heterocycles. The van der Waals surface area contributed by atoms with Crippen molar-refractivity contribution in [2.45, 2.75) is 6.92 Å².